The van der Waals surface area contributed by atoms with E-state index in [0.717, 1.165) is 48.9 Å². The maximum Gasteiger partial charge on any atom is 0.145 e. The van der Waals surface area contributed by atoms with Gasteiger partial charge in [-0.25, -0.2) is 5.01 Å². The van der Waals surface area contributed by atoms with E-state index in [0.29, 0.717) is 0 Å². The summed E-state index contributed by atoms with van der Waals surface area (Å²) in [5.74, 6) is 1.78. The molecule has 1 unspecified atom stereocenters. The van der Waals surface area contributed by atoms with Crippen LogP contribution in [-0.4, -0.2) is 60.0 Å². The second-order valence-electron chi connectivity index (χ2n) is 7.20. The summed E-state index contributed by atoms with van der Waals surface area (Å²) < 4.78 is 5.91. The maximum atomic E-state index is 5.91. The van der Waals surface area contributed by atoms with Gasteiger partial charge in [0.25, 0.3) is 0 Å². The van der Waals surface area contributed by atoms with Crippen LogP contribution in [-0.2, 0) is 0 Å². The molecule has 6 nitrogen and oxygen atoms in total. The van der Waals surface area contributed by atoms with E-state index in [9.17, 15) is 0 Å². The molecule has 6 heteroatoms. The van der Waals surface area contributed by atoms with Gasteiger partial charge in [0, 0.05) is 13.0 Å². The molecule has 0 aromatic heterocycles. The van der Waals surface area contributed by atoms with Crippen LogP contribution in [0.4, 0.5) is 0 Å². The number of likely N-dealkylation sites (tertiary alicyclic amines) is 1. The first kappa shape index (κ1) is 17.2. The quantitative estimate of drug-likeness (QED) is 0.738. The van der Waals surface area contributed by atoms with Crippen molar-refractivity contribution in [1.82, 2.24) is 9.91 Å². The molecule has 3 aliphatic rings. The van der Waals surface area contributed by atoms with Crippen LogP contribution in [0.3, 0.4) is 0 Å². The largest absolute Gasteiger partial charge is 0.494 e. The Hall–Kier alpha value is -2.21. The average Bonchev–Trinajstić information content (AvgIpc) is 3.12. The van der Waals surface area contributed by atoms with E-state index in [2.05, 4.69) is 27.2 Å². The van der Waals surface area contributed by atoms with Gasteiger partial charge in [-0.15, -0.1) is 5.10 Å². The highest BCUT2D eigenvalue weighted by molar-refractivity contribution is 6.06. The second-order valence-corrected chi connectivity index (χ2v) is 7.20. The van der Waals surface area contributed by atoms with Crippen molar-refractivity contribution in [1.29, 1.82) is 0 Å². The standard InChI is InChI=1S/C20H27N5O/c1-16-22-21-15-18-14-20(23-25(16)18)17-6-8-19(9-7-17)26-13-5-12-24-10-3-2-4-11-24/h6-9,15,18H,2-5,10-14H2,1H3. The van der Waals surface area contributed by atoms with Crippen molar-refractivity contribution in [2.24, 2.45) is 15.3 Å². The first-order valence-electron chi connectivity index (χ1n) is 9.70. The fourth-order valence-electron chi connectivity index (χ4n) is 3.78. The Morgan fingerprint density at radius 2 is 1.92 bits per heavy atom. The van der Waals surface area contributed by atoms with Crippen LogP contribution in [0, 0.1) is 0 Å². The summed E-state index contributed by atoms with van der Waals surface area (Å²) in [4.78, 5) is 2.55. The molecular weight excluding hydrogens is 326 g/mol. The van der Waals surface area contributed by atoms with Gasteiger partial charge in [-0.1, -0.05) is 6.42 Å². The molecule has 0 radical (unpaired) electrons. The number of piperidine rings is 1. The molecular formula is C20H27N5O. The van der Waals surface area contributed by atoms with Crippen molar-refractivity contribution >= 4 is 17.8 Å². The van der Waals surface area contributed by atoms with E-state index in [4.69, 9.17) is 9.84 Å². The van der Waals surface area contributed by atoms with Gasteiger partial charge in [0.2, 0.25) is 0 Å². The molecule has 4 rings (SSSR count). The number of hydrogen-bond donors (Lipinski definition) is 0. The predicted octanol–water partition coefficient (Wildman–Crippen LogP) is 3.14. The zero-order valence-corrected chi connectivity index (χ0v) is 15.5. The lowest BCUT2D eigenvalue weighted by Crippen LogP contribution is -2.34. The van der Waals surface area contributed by atoms with Crippen molar-refractivity contribution in [2.75, 3.05) is 26.2 Å². The zero-order chi connectivity index (χ0) is 17.8. The van der Waals surface area contributed by atoms with Gasteiger partial charge in [0.15, 0.2) is 0 Å². The maximum absolute atomic E-state index is 5.91. The topological polar surface area (TPSA) is 52.8 Å². The second kappa shape index (κ2) is 7.99. The van der Waals surface area contributed by atoms with Crippen LogP contribution in [0.15, 0.2) is 39.6 Å². The highest BCUT2D eigenvalue weighted by Gasteiger charge is 2.29. The van der Waals surface area contributed by atoms with Gasteiger partial charge in [-0.05, 0) is 69.1 Å². The van der Waals surface area contributed by atoms with Crippen molar-refractivity contribution in [3.05, 3.63) is 29.8 Å². The molecule has 138 valence electrons. The van der Waals surface area contributed by atoms with Crippen LogP contribution in [0.5, 0.6) is 5.75 Å². The number of hydrazone groups is 1. The minimum atomic E-state index is 0.202. The Morgan fingerprint density at radius 1 is 1.12 bits per heavy atom. The number of benzene rings is 1. The normalized spacial score (nSPS) is 22.8. The van der Waals surface area contributed by atoms with E-state index in [1.54, 1.807) is 0 Å². The molecule has 0 N–H and O–H groups in total. The Kier molecular flexibility index (Phi) is 5.29. The summed E-state index contributed by atoms with van der Waals surface area (Å²) in [5, 5.41) is 14.8. The number of amidine groups is 1. The van der Waals surface area contributed by atoms with Crippen LogP contribution >= 0.6 is 0 Å². The molecule has 0 aliphatic carbocycles. The minimum absolute atomic E-state index is 0.202. The van der Waals surface area contributed by atoms with Crippen molar-refractivity contribution in [3.63, 3.8) is 0 Å². The molecule has 3 heterocycles. The molecule has 1 fully saturated rings. The van der Waals surface area contributed by atoms with E-state index in [1.165, 1.54) is 32.4 Å². The third-order valence-corrected chi connectivity index (χ3v) is 5.24. The average molecular weight is 353 g/mol. The molecule has 26 heavy (non-hydrogen) atoms. The van der Waals surface area contributed by atoms with Crippen molar-refractivity contribution in [2.45, 2.75) is 45.1 Å². The molecule has 1 saturated heterocycles. The van der Waals surface area contributed by atoms with E-state index < -0.39 is 0 Å². The SMILES string of the molecule is CC1=NN=CC2CC(c3ccc(OCCCN4CCCCC4)cc3)=NN12. The van der Waals surface area contributed by atoms with Gasteiger partial charge in [0.1, 0.15) is 11.6 Å². The van der Waals surface area contributed by atoms with Crippen molar-refractivity contribution < 1.29 is 4.74 Å². The van der Waals surface area contributed by atoms with Gasteiger partial charge >= 0.3 is 0 Å². The third kappa shape index (κ3) is 3.96. The minimum Gasteiger partial charge on any atom is -0.494 e. The lowest BCUT2D eigenvalue weighted by atomic mass is 10.0. The summed E-state index contributed by atoms with van der Waals surface area (Å²) in [7, 11) is 0. The summed E-state index contributed by atoms with van der Waals surface area (Å²) in [6, 6.07) is 8.49. The molecule has 0 amide bonds. The Balaban J connectivity index is 1.27. The molecule has 0 bridgehead atoms. The van der Waals surface area contributed by atoms with Crippen LogP contribution in [0.2, 0.25) is 0 Å². The smallest absolute Gasteiger partial charge is 0.145 e. The Bertz CT molecular complexity index is 703. The molecule has 1 aromatic rings. The summed E-state index contributed by atoms with van der Waals surface area (Å²) >= 11 is 0. The number of nitrogens with zero attached hydrogens (tertiary/aromatic N) is 5. The van der Waals surface area contributed by atoms with Crippen LogP contribution in [0.1, 0.15) is 44.6 Å². The highest BCUT2D eigenvalue weighted by Crippen LogP contribution is 2.23. The lowest BCUT2D eigenvalue weighted by Gasteiger charge is -2.26. The Morgan fingerprint density at radius 3 is 2.69 bits per heavy atom. The zero-order valence-electron chi connectivity index (χ0n) is 15.5. The first-order chi connectivity index (χ1) is 12.8. The molecule has 0 spiro atoms. The first-order valence-corrected chi connectivity index (χ1v) is 9.70. The van der Waals surface area contributed by atoms with E-state index in [1.807, 2.05) is 30.3 Å². The van der Waals surface area contributed by atoms with Crippen LogP contribution < -0.4 is 4.74 Å². The van der Waals surface area contributed by atoms with Gasteiger partial charge in [0.05, 0.1) is 24.6 Å². The molecule has 3 aliphatic heterocycles. The monoisotopic (exact) mass is 353 g/mol. The lowest BCUT2D eigenvalue weighted by molar-refractivity contribution is 0.205. The van der Waals surface area contributed by atoms with Gasteiger partial charge in [-0.2, -0.15) is 10.2 Å². The molecule has 1 atom stereocenters. The number of rotatable bonds is 6. The molecule has 1 aromatic carbocycles. The summed E-state index contributed by atoms with van der Waals surface area (Å²) in [6.07, 6.45) is 7.91. The van der Waals surface area contributed by atoms with E-state index in [-0.39, 0.29) is 6.04 Å². The summed E-state index contributed by atoms with van der Waals surface area (Å²) in [5.41, 5.74) is 2.22. The Labute approximate surface area is 155 Å². The van der Waals surface area contributed by atoms with Gasteiger partial charge in [-0.3, -0.25) is 0 Å². The fraction of sp³-hybridized carbons (Fsp3) is 0.550. The third-order valence-electron chi connectivity index (χ3n) is 5.24. The molecule has 0 saturated carbocycles. The van der Waals surface area contributed by atoms with Crippen molar-refractivity contribution in [3.8, 4) is 5.75 Å². The van der Waals surface area contributed by atoms with E-state index >= 15 is 0 Å². The predicted molar refractivity (Wildman–Crippen MR) is 105 cm³/mol. The fourth-order valence-corrected chi connectivity index (χ4v) is 3.78. The number of ether oxygens (including phenoxy) is 1. The highest BCUT2D eigenvalue weighted by atomic mass is 16.5. The summed E-state index contributed by atoms with van der Waals surface area (Å²) in [6.45, 7) is 6.37. The van der Waals surface area contributed by atoms with Crippen LogP contribution in [0.25, 0.3) is 0 Å². The number of fused-ring (bicyclic) bond motifs is 1. The van der Waals surface area contributed by atoms with Gasteiger partial charge < -0.3 is 9.64 Å². The number of hydrogen-bond acceptors (Lipinski definition) is 6.